The lowest BCUT2D eigenvalue weighted by Crippen LogP contribution is -2.26. The van der Waals surface area contributed by atoms with Gasteiger partial charge in [0.05, 0.1) is 0 Å². The topological polar surface area (TPSA) is 49.3 Å². The number of carbonyl (C=O) groups is 1. The predicted octanol–water partition coefficient (Wildman–Crippen LogP) is 1.46. The minimum Gasteiger partial charge on any atom is -0.508 e. The third kappa shape index (κ3) is 2.72. The number of benzene rings is 1. The van der Waals surface area contributed by atoms with E-state index < -0.39 is 0 Å². The summed E-state index contributed by atoms with van der Waals surface area (Å²) in [5, 5.41) is 12.4. The van der Waals surface area contributed by atoms with Gasteiger partial charge in [0.2, 0.25) is 5.91 Å². The van der Waals surface area contributed by atoms with E-state index in [0.29, 0.717) is 18.7 Å². The molecule has 15 heavy (non-hydrogen) atoms. The summed E-state index contributed by atoms with van der Waals surface area (Å²) in [5.41, 5.74) is 0.883. The fourth-order valence-electron chi connectivity index (χ4n) is 1.53. The minimum absolute atomic E-state index is 0.158. The van der Waals surface area contributed by atoms with Crippen molar-refractivity contribution >= 4 is 5.91 Å². The molecule has 1 aromatic carbocycles. The number of amides is 1. The van der Waals surface area contributed by atoms with Gasteiger partial charge in [0, 0.05) is 12.5 Å². The summed E-state index contributed by atoms with van der Waals surface area (Å²) in [6.07, 6.45) is 2.75. The lowest BCUT2D eigenvalue weighted by Gasteiger charge is -2.05. The Morgan fingerprint density at radius 3 is 2.80 bits per heavy atom. The van der Waals surface area contributed by atoms with Gasteiger partial charge in [-0.2, -0.15) is 0 Å². The van der Waals surface area contributed by atoms with Gasteiger partial charge in [-0.25, -0.2) is 0 Å². The van der Waals surface area contributed by atoms with Gasteiger partial charge in [0.15, 0.2) is 0 Å². The first-order chi connectivity index (χ1) is 7.27. The molecule has 2 rings (SSSR count). The van der Waals surface area contributed by atoms with Gasteiger partial charge in [-0.1, -0.05) is 18.2 Å². The van der Waals surface area contributed by atoms with Crippen LogP contribution in [0.25, 0.3) is 0 Å². The van der Waals surface area contributed by atoms with Crippen LogP contribution in [0.2, 0.25) is 0 Å². The molecule has 0 bridgehead atoms. The SMILES string of the molecule is O=C(NCCc1ccccc1O)C1CC1. The lowest BCUT2D eigenvalue weighted by atomic mass is 10.1. The van der Waals surface area contributed by atoms with Crippen LogP contribution < -0.4 is 5.32 Å². The van der Waals surface area contributed by atoms with Gasteiger partial charge >= 0.3 is 0 Å². The third-order valence-corrected chi connectivity index (χ3v) is 2.63. The summed E-state index contributed by atoms with van der Waals surface area (Å²) >= 11 is 0. The van der Waals surface area contributed by atoms with E-state index in [4.69, 9.17) is 0 Å². The van der Waals surface area contributed by atoms with Gasteiger partial charge in [-0.3, -0.25) is 4.79 Å². The molecule has 1 fully saturated rings. The molecule has 3 nitrogen and oxygen atoms in total. The van der Waals surface area contributed by atoms with E-state index in [1.54, 1.807) is 12.1 Å². The fourth-order valence-corrected chi connectivity index (χ4v) is 1.53. The second-order valence-electron chi connectivity index (χ2n) is 3.94. The maximum absolute atomic E-state index is 11.3. The number of phenolic OH excluding ortho intramolecular Hbond substituents is 1. The van der Waals surface area contributed by atoms with E-state index in [1.165, 1.54) is 0 Å². The molecular formula is C12H15NO2. The molecule has 0 atom stereocenters. The predicted molar refractivity (Wildman–Crippen MR) is 57.5 cm³/mol. The monoisotopic (exact) mass is 205 g/mol. The summed E-state index contributed by atoms with van der Waals surface area (Å²) in [5.74, 6) is 0.720. The number of rotatable bonds is 4. The second kappa shape index (κ2) is 4.34. The number of nitrogens with one attached hydrogen (secondary N) is 1. The van der Waals surface area contributed by atoms with Crippen molar-refractivity contribution in [1.82, 2.24) is 5.32 Å². The van der Waals surface area contributed by atoms with Gasteiger partial charge in [0.25, 0.3) is 0 Å². The molecule has 0 aromatic heterocycles. The van der Waals surface area contributed by atoms with E-state index in [1.807, 2.05) is 12.1 Å². The Kier molecular flexibility index (Phi) is 2.90. The smallest absolute Gasteiger partial charge is 0.223 e. The Balaban J connectivity index is 1.78. The molecule has 0 radical (unpaired) electrons. The van der Waals surface area contributed by atoms with E-state index in [0.717, 1.165) is 18.4 Å². The van der Waals surface area contributed by atoms with E-state index >= 15 is 0 Å². The van der Waals surface area contributed by atoms with Crippen molar-refractivity contribution in [3.05, 3.63) is 29.8 Å². The molecule has 80 valence electrons. The summed E-state index contributed by atoms with van der Waals surface area (Å²) in [6, 6.07) is 7.22. The zero-order valence-electron chi connectivity index (χ0n) is 8.57. The molecule has 0 aliphatic heterocycles. The number of para-hydroxylation sites is 1. The zero-order chi connectivity index (χ0) is 10.7. The van der Waals surface area contributed by atoms with E-state index in [-0.39, 0.29) is 11.8 Å². The Morgan fingerprint density at radius 2 is 2.13 bits per heavy atom. The van der Waals surface area contributed by atoms with E-state index in [9.17, 15) is 9.90 Å². The van der Waals surface area contributed by atoms with Crippen LogP contribution in [-0.2, 0) is 11.2 Å². The lowest BCUT2D eigenvalue weighted by molar-refractivity contribution is -0.122. The first-order valence-corrected chi connectivity index (χ1v) is 5.32. The highest BCUT2D eigenvalue weighted by molar-refractivity contribution is 5.80. The summed E-state index contributed by atoms with van der Waals surface area (Å²) in [4.78, 5) is 11.3. The molecule has 1 amide bonds. The maximum atomic E-state index is 11.3. The molecule has 1 aliphatic rings. The number of hydrogen-bond donors (Lipinski definition) is 2. The quantitative estimate of drug-likeness (QED) is 0.781. The Bertz CT molecular complexity index is 358. The second-order valence-corrected chi connectivity index (χ2v) is 3.94. The van der Waals surface area contributed by atoms with Crippen molar-refractivity contribution < 1.29 is 9.90 Å². The molecule has 3 heteroatoms. The van der Waals surface area contributed by atoms with Crippen LogP contribution >= 0.6 is 0 Å². The fraction of sp³-hybridized carbons (Fsp3) is 0.417. The average Bonchev–Trinajstić information content (AvgIpc) is 3.04. The highest BCUT2D eigenvalue weighted by atomic mass is 16.3. The highest BCUT2D eigenvalue weighted by Gasteiger charge is 2.28. The number of aromatic hydroxyl groups is 1. The zero-order valence-corrected chi connectivity index (χ0v) is 8.57. The minimum atomic E-state index is 0.158. The van der Waals surface area contributed by atoms with Crippen LogP contribution in [0, 0.1) is 5.92 Å². The first kappa shape index (κ1) is 10.0. The van der Waals surface area contributed by atoms with Crippen molar-refractivity contribution in [2.45, 2.75) is 19.3 Å². The Labute approximate surface area is 89.1 Å². The van der Waals surface area contributed by atoms with Crippen LogP contribution in [0.3, 0.4) is 0 Å². The molecular weight excluding hydrogens is 190 g/mol. The molecule has 0 unspecified atom stereocenters. The summed E-state index contributed by atoms with van der Waals surface area (Å²) < 4.78 is 0. The normalized spacial score (nSPS) is 14.9. The molecule has 0 saturated heterocycles. The standard InChI is InChI=1S/C12H15NO2/c14-11-4-2-1-3-9(11)7-8-13-12(15)10-5-6-10/h1-4,10,14H,5-8H2,(H,13,15). The van der Waals surface area contributed by atoms with Crippen molar-refractivity contribution in [1.29, 1.82) is 0 Å². The van der Waals surface area contributed by atoms with Crippen LogP contribution in [0.1, 0.15) is 18.4 Å². The Morgan fingerprint density at radius 1 is 1.40 bits per heavy atom. The molecule has 1 aromatic rings. The largest absolute Gasteiger partial charge is 0.508 e. The van der Waals surface area contributed by atoms with Crippen LogP contribution in [-0.4, -0.2) is 17.6 Å². The van der Waals surface area contributed by atoms with Gasteiger partial charge in [-0.15, -0.1) is 0 Å². The number of phenols is 1. The third-order valence-electron chi connectivity index (χ3n) is 2.63. The van der Waals surface area contributed by atoms with Crippen molar-refractivity contribution in [2.24, 2.45) is 5.92 Å². The highest BCUT2D eigenvalue weighted by Crippen LogP contribution is 2.28. The molecule has 0 spiro atoms. The van der Waals surface area contributed by atoms with Gasteiger partial charge in [-0.05, 0) is 30.9 Å². The average molecular weight is 205 g/mol. The number of carbonyl (C=O) groups excluding carboxylic acids is 1. The van der Waals surface area contributed by atoms with Gasteiger partial charge in [0.1, 0.15) is 5.75 Å². The number of hydrogen-bond acceptors (Lipinski definition) is 2. The Hall–Kier alpha value is -1.51. The van der Waals surface area contributed by atoms with E-state index in [2.05, 4.69) is 5.32 Å². The molecule has 1 aliphatic carbocycles. The summed E-state index contributed by atoms with van der Waals surface area (Å²) in [7, 11) is 0. The molecule has 1 saturated carbocycles. The van der Waals surface area contributed by atoms with Crippen LogP contribution in [0.4, 0.5) is 0 Å². The molecule has 2 N–H and O–H groups in total. The maximum Gasteiger partial charge on any atom is 0.223 e. The molecule has 0 heterocycles. The van der Waals surface area contributed by atoms with Gasteiger partial charge < -0.3 is 10.4 Å². The van der Waals surface area contributed by atoms with Crippen molar-refractivity contribution in [3.8, 4) is 5.75 Å². The van der Waals surface area contributed by atoms with Crippen LogP contribution in [0.5, 0.6) is 5.75 Å². The first-order valence-electron chi connectivity index (χ1n) is 5.32. The summed E-state index contributed by atoms with van der Waals surface area (Å²) in [6.45, 7) is 0.604. The van der Waals surface area contributed by atoms with Crippen LogP contribution in [0.15, 0.2) is 24.3 Å². The van der Waals surface area contributed by atoms with Crippen molar-refractivity contribution in [3.63, 3.8) is 0 Å². The van der Waals surface area contributed by atoms with Crippen molar-refractivity contribution in [2.75, 3.05) is 6.54 Å².